The fraction of sp³-hybridized carbons (Fsp3) is 0.0588. The number of carbonyl (C=O) groups excluding carboxylic acids is 1. The minimum absolute atomic E-state index is 0.142. The molecule has 3 aromatic rings. The number of halogens is 1. The second kappa shape index (κ2) is 5.70. The minimum atomic E-state index is -0.337. The third kappa shape index (κ3) is 2.67. The van der Waals surface area contributed by atoms with E-state index in [9.17, 15) is 9.18 Å². The Labute approximate surface area is 126 Å². The number of fused-ring (bicyclic) bond motifs is 1. The van der Waals surface area contributed by atoms with Crippen molar-refractivity contribution in [2.45, 2.75) is 6.42 Å². The lowest BCUT2D eigenvalue weighted by molar-refractivity contribution is -0.115. The highest BCUT2D eigenvalue weighted by Crippen LogP contribution is 2.21. The van der Waals surface area contributed by atoms with Crippen LogP contribution in [-0.4, -0.2) is 10.9 Å². The summed E-state index contributed by atoms with van der Waals surface area (Å²) in [6.07, 6.45) is 1.79. The smallest absolute Gasteiger partial charge is 0.228 e. The van der Waals surface area contributed by atoms with Gasteiger partial charge in [-0.2, -0.15) is 5.26 Å². The van der Waals surface area contributed by atoms with E-state index >= 15 is 0 Å². The maximum Gasteiger partial charge on any atom is 0.228 e. The Morgan fingerprint density at radius 2 is 2.00 bits per heavy atom. The molecule has 5 heteroatoms. The Kier molecular flexibility index (Phi) is 3.58. The molecule has 108 valence electrons. The summed E-state index contributed by atoms with van der Waals surface area (Å²) in [5.41, 5.74) is 2.30. The molecule has 1 heterocycles. The topological polar surface area (TPSA) is 68.7 Å². The van der Waals surface area contributed by atoms with Crippen LogP contribution in [0.25, 0.3) is 10.9 Å². The summed E-state index contributed by atoms with van der Waals surface area (Å²) in [6.45, 7) is 0. The molecule has 0 atom stereocenters. The number of nitrogens with zero attached hydrogens (tertiary/aromatic N) is 1. The summed E-state index contributed by atoms with van der Waals surface area (Å²) < 4.78 is 13.6. The van der Waals surface area contributed by atoms with Crippen molar-refractivity contribution in [1.82, 2.24) is 4.98 Å². The molecule has 3 rings (SSSR count). The van der Waals surface area contributed by atoms with Crippen molar-refractivity contribution in [1.29, 1.82) is 5.26 Å². The average Bonchev–Trinajstić information content (AvgIpc) is 2.92. The van der Waals surface area contributed by atoms with Crippen LogP contribution >= 0.6 is 0 Å². The predicted molar refractivity (Wildman–Crippen MR) is 81.7 cm³/mol. The predicted octanol–water partition coefficient (Wildman–Crippen LogP) is 3.36. The van der Waals surface area contributed by atoms with E-state index in [4.69, 9.17) is 5.26 Å². The fourth-order valence-electron chi connectivity index (χ4n) is 2.33. The van der Waals surface area contributed by atoms with Gasteiger partial charge >= 0.3 is 0 Å². The maximum atomic E-state index is 13.6. The number of benzene rings is 2. The van der Waals surface area contributed by atoms with Gasteiger partial charge in [0.2, 0.25) is 5.91 Å². The first-order valence-electron chi connectivity index (χ1n) is 6.72. The molecule has 2 aromatic carbocycles. The third-order valence-electron chi connectivity index (χ3n) is 3.40. The molecular formula is C17H12FN3O. The summed E-state index contributed by atoms with van der Waals surface area (Å²) in [7, 11) is 0. The Hall–Kier alpha value is -3.13. The molecule has 0 fully saturated rings. The molecule has 1 aromatic heterocycles. The van der Waals surface area contributed by atoms with Crippen molar-refractivity contribution >= 4 is 22.5 Å². The minimum Gasteiger partial charge on any atom is -0.359 e. The maximum absolute atomic E-state index is 13.6. The van der Waals surface area contributed by atoms with Crippen LogP contribution in [0.4, 0.5) is 10.1 Å². The largest absolute Gasteiger partial charge is 0.359 e. The van der Waals surface area contributed by atoms with Crippen LogP contribution in [0.1, 0.15) is 11.1 Å². The lowest BCUT2D eigenvalue weighted by atomic mass is 10.1. The van der Waals surface area contributed by atoms with Gasteiger partial charge in [-0.05, 0) is 35.9 Å². The molecule has 0 radical (unpaired) electrons. The van der Waals surface area contributed by atoms with Crippen LogP contribution in [-0.2, 0) is 11.2 Å². The lowest BCUT2D eigenvalue weighted by Gasteiger charge is -2.04. The molecule has 0 aliphatic heterocycles. The second-order valence-corrected chi connectivity index (χ2v) is 4.89. The molecule has 22 heavy (non-hydrogen) atoms. The number of anilines is 1. The Morgan fingerprint density at radius 3 is 2.73 bits per heavy atom. The van der Waals surface area contributed by atoms with Gasteiger partial charge in [-0.15, -0.1) is 0 Å². The molecule has 0 bridgehead atoms. The van der Waals surface area contributed by atoms with E-state index in [1.54, 1.807) is 42.6 Å². The molecule has 0 unspecified atom stereocenters. The number of aromatic nitrogens is 1. The zero-order valence-corrected chi connectivity index (χ0v) is 11.6. The summed E-state index contributed by atoms with van der Waals surface area (Å²) >= 11 is 0. The van der Waals surface area contributed by atoms with E-state index in [0.717, 1.165) is 5.56 Å². The number of nitrogens with one attached hydrogen (secondary N) is 2. The molecule has 0 spiro atoms. The van der Waals surface area contributed by atoms with Crippen LogP contribution in [0.2, 0.25) is 0 Å². The van der Waals surface area contributed by atoms with Crippen LogP contribution < -0.4 is 5.32 Å². The number of hydrogen-bond acceptors (Lipinski definition) is 2. The third-order valence-corrected chi connectivity index (χ3v) is 3.40. The molecule has 0 aliphatic carbocycles. The molecule has 0 saturated carbocycles. The van der Waals surface area contributed by atoms with Gasteiger partial charge in [0.15, 0.2) is 0 Å². The number of rotatable bonds is 3. The van der Waals surface area contributed by atoms with Gasteiger partial charge in [-0.25, -0.2) is 4.39 Å². The number of H-pyrrole nitrogens is 1. The molecule has 0 aliphatic rings. The number of carbonyl (C=O) groups is 1. The van der Waals surface area contributed by atoms with E-state index in [1.165, 1.54) is 6.07 Å². The number of nitriles is 1. The Morgan fingerprint density at radius 1 is 1.23 bits per heavy atom. The van der Waals surface area contributed by atoms with Crippen molar-refractivity contribution in [2.75, 3.05) is 5.32 Å². The first-order valence-corrected chi connectivity index (χ1v) is 6.72. The monoisotopic (exact) mass is 293 g/mol. The zero-order valence-electron chi connectivity index (χ0n) is 11.6. The first-order chi connectivity index (χ1) is 10.7. The molecular weight excluding hydrogens is 281 g/mol. The van der Waals surface area contributed by atoms with Gasteiger partial charge in [0.25, 0.3) is 0 Å². The molecule has 4 nitrogen and oxygen atoms in total. The van der Waals surface area contributed by atoms with Crippen molar-refractivity contribution < 1.29 is 9.18 Å². The SMILES string of the molecule is N#Cc1ccc(NC(=O)Cc2c[nH]c3c(F)cccc23)cc1. The fourth-order valence-corrected chi connectivity index (χ4v) is 2.33. The van der Waals surface area contributed by atoms with Crippen molar-refractivity contribution in [3.63, 3.8) is 0 Å². The normalized spacial score (nSPS) is 10.4. The molecule has 2 N–H and O–H groups in total. The van der Waals surface area contributed by atoms with Crippen LogP contribution in [0.5, 0.6) is 0 Å². The van der Waals surface area contributed by atoms with Gasteiger partial charge in [0.05, 0.1) is 23.6 Å². The van der Waals surface area contributed by atoms with Crippen LogP contribution in [0, 0.1) is 17.1 Å². The van der Waals surface area contributed by atoms with Gasteiger partial charge in [0, 0.05) is 17.3 Å². The van der Waals surface area contributed by atoms with Gasteiger partial charge in [0.1, 0.15) is 5.82 Å². The zero-order chi connectivity index (χ0) is 15.5. The standard InChI is InChI=1S/C17H12FN3O/c18-15-3-1-2-14-12(10-20-17(14)15)8-16(22)21-13-6-4-11(9-19)5-7-13/h1-7,10,20H,8H2,(H,21,22). The van der Waals surface area contributed by atoms with E-state index in [-0.39, 0.29) is 18.1 Å². The van der Waals surface area contributed by atoms with E-state index < -0.39 is 0 Å². The Balaban J connectivity index is 1.75. The highest BCUT2D eigenvalue weighted by Gasteiger charge is 2.11. The van der Waals surface area contributed by atoms with Crippen LogP contribution in [0.3, 0.4) is 0 Å². The lowest BCUT2D eigenvalue weighted by Crippen LogP contribution is -2.14. The van der Waals surface area contributed by atoms with Gasteiger partial charge in [-0.3, -0.25) is 4.79 Å². The quantitative estimate of drug-likeness (QED) is 0.777. The average molecular weight is 293 g/mol. The highest BCUT2D eigenvalue weighted by molar-refractivity contribution is 5.95. The number of hydrogen-bond donors (Lipinski definition) is 2. The summed E-state index contributed by atoms with van der Waals surface area (Å²) in [4.78, 5) is 14.9. The summed E-state index contributed by atoms with van der Waals surface area (Å²) in [5.74, 6) is -0.536. The number of para-hydroxylation sites is 1. The second-order valence-electron chi connectivity index (χ2n) is 4.89. The van der Waals surface area contributed by atoms with E-state index in [1.807, 2.05) is 6.07 Å². The van der Waals surface area contributed by atoms with Gasteiger partial charge in [-0.1, -0.05) is 12.1 Å². The summed E-state index contributed by atoms with van der Waals surface area (Å²) in [6, 6.07) is 13.4. The number of amides is 1. The van der Waals surface area contributed by atoms with Crippen molar-refractivity contribution in [3.8, 4) is 6.07 Å². The highest BCUT2D eigenvalue weighted by atomic mass is 19.1. The van der Waals surface area contributed by atoms with E-state index in [0.29, 0.717) is 22.2 Å². The van der Waals surface area contributed by atoms with Crippen LogP contribution in [0.15, 0.2) is 48.7 Å². The van der Waals surface area contributed by atoms with E-state index in [2.05, 4.69) is 10.3 Å². The first kappa shape index (κ1) is 13.8. The van der Waals surface area contributed by atoms with Crippen molar-refractivity contribution in [2.24, 2.45) is 0 Å². The van der Waals surface area contributed by atoms with Crippen molar-refractivity contribution in [3.05, 3.63) is 65.6 Å². The van der Waals surface area contributed by atoms with Gasteiger partial charge < -0.3 is 10.3 Å². The number of aromatic amines is 1. The molecule has 1 amide bonds. The molecule has 0 saturated heterocycles. The summed E-state index contributed by atoms with van der Waals surface area (Å²) in [5, 5.41) is 12.2. The Bertz CT molecular complexity index is 875.